The number of aliphatic hydroxyl groups excluding tert-OH is 1. The van der Waals surface area contributed by atoms with Crippen LogP contribution in [0.1, 0.15) is 25.3 Å². The fraction of sp³-hybridized carbons (Fsp3) is 0.625. The third kappa shape index (κ3) is 7.48. The molecule has 0 spiro atoms. The number of aryl methyl sites for hydroxylation is 1. The summed E-state index contributed by atoms with van der Waals surface area (Å²) >= 11 is 0. The summed E-state index contributed by atoms with van der Waals surface area (Å²) in [5.74, 6) is 0. The normalized spacial score (nSPS) is 12.3. The van der Waals surface area contributed by atoms with E-state index in [4.69, 9.17) is 9.47 Å². The molecule has 1 rings (SSSR count). The summed E-state index contributed by atoms with van der Waals surface area (Å²) in [5, 5.41) is 13.0. The largest absolute Gasteiger partial charge is 0.389 e. The maximum Gasteiger partial charge on any atom is 0.0945 e. The lowest BCUT2D eigenvalue weighted by molar-refractivity contribution is 0.00749. The molecule has 1 aromatic rings. The van der Waals surface area contributed by atoms with E-state index in [1.54, 1.807) is 0 Å². The van der Waals surface area contributed by atoms with Crippen LogP contribution < -0.4 is 5.32 Å². The first kappa shape index (κ1) is 17.0. The Morgan fingerprint density at radius 1 is 1.15 bits per heavy atom. The van der Waals surface area contributed by atoms with Crippen LogP contribution in [0.4, 0.5) is 5.69 Å². The molecule has 0 amide bonds. The van der Waals surface area contributed by atoms with Crippen molar-refractivity contribution in [3.8, 4) is 0 Å². The minimum Gasteiger partial charge on any atom is -0.389 e. The molecule has 0 radical (unpaired) electrons. The number of anilines is 1. The Kier molecular flexibility index (Phi) is 9.04. The first-order valence-electron chi connectivity index (χ1n) is 7.37. The van der Waals surface area contributed by atoms with Gasteiger partial charge in [-0.15, -0.1) is 0 Å². The van der Waals surface area contributed by atoms with E-state index in [0.717, 1.165) is 25.1 Å². The van der Waals surface area contributed by atoms with Gasteiger partial charge in [-0.2, -0.15) is 0 Å². The second-order valence-corrected chi connectivity index (χ2v) is 4.89. The van der Waals surface area contributed by atoms with Gasteiger partial charge in [0.05, 0.1) is 25.9 Å². The highest BCUT2D eigenvalue weighted by Crippen LogP contribution is 2.12. The van der Waals surface area contributed by atoms with Crippen molar-refractivity contribution in [1.82, 2.24) is 0 Å². The van der Waals surface area contributed by atoms with Crippen molar-refractivity contribution in [2.45, 2.75) is 32.8 Å². The zero-order chi connectivity index (χ0) is 14.6. The fourth-order valence-corrected chi connectivity index (χ4v) is 1.74. The minimum atomic E-state index is -0.509. The van der Waals surface area contributed by atoms with Crippen LogP contribution in [0, 0.1) is 6.92 Å². The Labute approximate surface area is 122 Å². The summed E-state index contributed by atoms with van der Waals surface area (Å²) in [6.07, 6.45) is 1.72. The monoisotopic (exact) mass is 281 g/mol. The van der Waals surface area contributed by atoms with E-state index in [1.165, 1.54) is 5.56 Å². The number of benzene rings is 1. The fourth-order valence-electron chi connectivity index (χ4n) is 1.74. The molecule has 2 N–H and O–H groups in total. The molecule has 20 heavy (non-hydrogen) atoms. The SMILES string of the molecule is CCCCOCCOCC(O)CNc1ccccc1C. The average Bonchev–Trinajstić information content (AvgIpc) is 2.45. The van der Waals surface area contributed by atoms with Gasteiger partial charge in [-0.05, 0) is 25.0 Å². The van der Waals surface area contributed by atoms with Crippen LogP contribution in [0.25, 0.3) is 0 Å². The highest BCUT2D eigenvalue weighted by Gasteiger charge is 2.05. The molecule has 0 aliphatic heterocycles. The van der Waals surface area contributed by atoms with Gasteiger partial charge in [0.25, 0.3) is 0 Å². The van der Waals surface area contributed by atoms with Gasteiger partial charge in [0.15, 0.2) is 0 Å². The van der Waals surface area contributed by atoms with Crippen LogP contribution in [0.2, 0.25) is 0 Å². The maximum absolute atomic E-state index is 9.81. The molecule has 0 aromatic heterocycles. The third-order valence-electron chi connectivity index (χ3n) is 3.00. The zero-order valence-corrected chi connectivity index (χ0v) is 12.6. The van der Waals surface area contributed by atoms with Crippen molar-refractivity contribution in [3.05, 3.63) is 29.8 Å². The topological polar surface area (TPSA) is 50.7 Å². The van der Waals surface area contributed by atoms with Gasteiger partial charge in [-0.25, -0.2) is 0 Å². The van der Waals surface area contributed by atoms with E-state index >= 15 is 0 Å². The molecule has 0 saturated heterocycles. The van der Waals surface area contributed by atoms with E-state index in [9.17, 15) is 5.11 Å². The van der Waals surface area contributed by atoms with Gasteiger partial charge in [0.2, 0.25) is 0 Å². The molecule has 0 heterocycles. The average molecular weight is 281 g/mol. The van der Waals surface area contributed by atoms with Crippen LogP contribution in [-0.4, -0.2) is 44.2 Å². The molecule has 0 aliphatic carbocycles. The Morgan fingerprint density at radius 2 is 1.90 bits per heavy atom. The molecule has 0 saturated carbocycles. The summed E-state index contributed by atoms with van der Waals surface area (Å²) in [6, 6.07) is 8.02. The van der Waals surface area contributed by atoms with Crippen molar-refractivity contribution in [3.63, 3.8) is 0 Å². The van der Waals surface area contributed by atoms with Crippen LogP contribution in [0.3, 0.4) is 0 Å². The molecule has 114 valence electrons. The number of hydrogen-bond acceptors (Lipinski definition) is 4. The lowest BCUT2D eigenvalue weighted by atomic mass is 10.2. The van der Waals surface area contributed by atoms with Crippen LogP contribution in [0.15, 0.2) is 24.3 Å². The summed E-state index contributed by atoms with van der Waals surface area (Å²) in [7, 11) is 0. The molecule has 4 nitrogen and oxygen atoms in total. The number of aliphatic hydroxyl groups is 1. The number of rotatable bonds is 11. The molecule has 1 unspecified atom stereocenters. The quantitative estimate of drug-likeness (QED) is 0.612. The van der Waals surface area contributed by atoms with Crippen LogP contribution in [-0.2, 0) is 9.47 Å². The number of unbranched alkanes of at least 4 members (excludes halogenated alkanes) is 1. The van der Waals surface area contributed by atoms with Gasteiger partial charge in [-0.3, -0.25) is 0 Å². The molecule has 4 heteroatoms. The summed E-state index contributed by atoms with van der Waals surface area (Å²) in [4.78, 5) is 0. The summed E-state index contributed by atoms with van der Waals surface area (Å²) in [5.41, 5.74) is 2.22. The highest BCUT2D eigenvalue weighted by molar-refractivity contribution is 5.50. The van der Waals surface area contributed by atoms with E-state index in [-0.39, 0.29) is 0 Å². The number of nitrogens with one attached hydrogen (secondary N) is 1. The van der Waals surface area contributed by atoms with Crippen LogP contribution in [0.5, 0.6) is 0 Å². The van der Waals surface area contributed by atoms with Gasteiger partial charge >= 0.3 is 0 Å². The van der Waals surface area contributed by atoms with E-state index in [1.807, 2.05) is 31.2 Å². The van der Waals surface area contributed by atoms with Gasteiger partial charge in [0, 0.05) is 18.8 Å². The lowest BCUT2D eigenvalue weighted by Crippen LogP contribution is -2.25. The van der Waals surface area contributed by atoms with E-state index < -0.39 is 6.10 Å². The molecular formula is C16H27NO3. The number of ether oxygens (including phenoxy) is 2. The Bertz CT molecular complexity index is 357. The summed E-state index contributed by atoms with van der Waals surface area (Å²) < 4.78 is 10.8. The van der Waals surface area contributed by atoms with E-state index in [2.05, 4.69) is 12.2 Å². The smallest absolute Gasteiger partial charge is 0.0945 e. The molecule has 0 fully saturated rings. The third-order valence-corrected chi connectivity index (χ3v) is 3.00. The molecule has 0 bridgehead atoms. The number of para-hydroxylation sites is 1. The van der Waals surface area contributed by atoms with Crippen molar-refractivity contribution in [2.24, 2.45) is 0 Å². The minimum absolute atomic E-state index is 0.329. The molecule has 0 aliphatic rings. The Morgan fingerprint density at radius 3 is 2.65 bits per heavy atom. The van der Waals surface area contributed by atoms with Crippen LogP contribution >= 0.6 is 0 Å². The van der Waals surface area contributed by atoms with Crippen molar-refractivity contribution in [2.75, 3.05) is 38.3 Å². The summed E-state index contributed by atoms with van der Waals surface area (Å²) in [6.45, 7) is 6.91. The zero-order valence-electron chi connectivity index (χ0n) is 12.6. The molecular weight excluding hydrogens is 254 g/mol. The van der Waals surface area contributed by atoms with E-state index in [0.29, 0.717) is 26.4 Å². The molecule has 1 aromatic carbocycles. The Hall–Kier alpha value is -1.10. The highest BCUT2D eigenvalue weighted by atomic mass is 16.5. The second-order valence-electron chi connectivity index (χ2n) is 4.89. The predicted octanol–water partition coefficient (Wildman–Crippen LogP) is 2.60. The Balaban J connectivity index is 2.03. The van der Waals surface area contributed by atoms with Crippen molar-refractivity contribution < 1.29 is 14.6 Å². The van der Waals surface area contributed by atoms with Crippen molar-refractivity contribution >= 4 is 5.69 Å². The second kappa shape index (κ2) is 10.7. The predicted molar refractivity (Wildman–Crippen MR) is 82.2 cm³/mol. The first-order valence-corrected chi connectivity index (χ1v) is 7.37. The maximum atomic E-state index is 9.81. The first-order chi connectivity index (χ1) is 9.74. The van der Waals surface area contributed by atoms with Gasteiger partial charge < -0.3 is 19.9 Å². The molecule has 1 atom stereocenters. The number of hydrogen-bond donors (Lipinski definition) is 2. The standard InChI is InChI=1S/C16H27NO3/c1-3-4-9-19-10-11-20-13-15(18)12-17-16-8-6-5-7-14(16)2/h5-8,15,17-18H,3-4,9-13H2,1-2H3. The van der Waals surface area contributed by atoms with Gasteiger partial charge in [0.1, 0.15) is 0 Å². The lowest BCUT2D eigenvalue weighted by Gasteiger charge is -2.14. The van der Waals surface area contributed by atoms with Crippen molar-refractivity contribution in [1.29, 1.82) is 0 Å². The van der Waals surface area contributed by atoms with Gasteiger partial charge in [-0.1, -0.05) is 31.5 Å².